The normalized spacial score (nSPS) is 15.4. The molecule has 4 heteroatoms. The van der Waals surface area contributed by atoms with Crippen molar-refractivity contribution >= 4 is 12.2 Å². The first-order chi connectivity index (χ1) is 9.69. The molecule has 1 aliphatic heterocycles. The van der Waals surface area contributed by atoms with Gasteiger partial charge in [0.05, 0.1) is 7.11 Å². The van der Waals surface area contributed by atoms with E-state index in [1.807, 2.05) is 36.4 Å². The zero-order valence-electron chi connectivity index (χ0n) is 11.6. The molecule has 1 aromatic carbocycles. The lowest BCUT2D eigenvalue weighted by Crippen LogP contribution is -2.35. The SMILES string of the molecule is COc1cccc(/C=C/C=C2CCN(C(=O)O)CC2)c1. The molecule has 1 fully saturated rings. The highest BCUT2D eigenvalue weighted by Crippen LogP contribution is 2.17. The summed E-state index contributed by atoms with van der Waals surface area (Å²) < 4.78 is 5.17. The highest BCUT2D eigenvalue weighted by atomic mass is 16.5. The van der Waals surface area contributed by atoms with Gasteiger partial charge in [0.1, 0.15) is 5.75 Å². The second kappa shape index (κ2) is 6.80. The van der Waals surface area contributed by atoms with E-state index in [9.17, 15) is 4.79 Å². The Kier molecular flexibility index (Phi) is 4.82. The number of hydrogen-bond acceptors (Lipinski definition) is 2. The highest BCUT2D eigenvalue weighted by molar-refractivity contribution is 5.65. The van der Waals surface area contributed by atoms with E-state index in [0.29, 0.717) is 13.1 Å². The predicted octanol–water partition coefficient (Wildman–Crippen LogP) is 3.41. The summed E-state index contributed by atoms with van der Waals surface area (Å²) in [6.07, 6.45) is 6.93. The molecule has 106 valence electrons. The van der Waals surface area contributed by atoms with Crippen molar-refractivity contribution in [2.45, 2.75) is 12.8 Å². The summed E-state index contributed by atoms with van der Waals surface area (Å²) in [5, 5.41) is 8.88. The number of benzene rings is 1. The Labute approximate surface area is 119 Å². The maximum absolute atomic E-state index is 10.8. The minimum atomic E-state index is -0.823. The number of hydrogen-bond donors (Lipinski definition) is 1. The van der Waals surface area contributed by atoms with E-state index in [-0.39, 0.29) is 0 Å². The summed E-state index contributed by atoms with van der Waals surface area (Å²) in [6.45, 7) is 1.18. The zero-order chi connectivity index (χ0) is 14.4. The summed E-state index contributed by atoms with van der Waals surface area (Å²) >= 11 is 0. The van der Waals surface area contributed by atoms with Gasteiger partial charge in [-0.2, -0.15) is 0 Å². The van der Waals surface area contributed by atoms with Crippen LogP contribution in [0, 0.1) is 0 Å². The van der Waals surface area contributed by atoms with Gasteiger partial charge in [0, 0.05) is 13.1 Å². The van der Waals surface area contributed by atoms with Crippen LogP contribution in [0.15, 0.2) is 42.0 Å². The Bertz CT molecular complexity index is 524. The molecule has 1 N–H and O–H groups in total. The van der Waals surface area contributed by atoms with Crippen LogP contribution in [0.25, 0.3) is 6.08 Å². The van der Waals surface area contributed by atoms with Gasteiger partial charge >= 0.3 is 6.09 Å². The van der Waals surface area contributed by atoms with Crippen molar-refractivity contribution in [3.63, 3.8) is 0 Å². The van der Waals surface area contributed by atoms with Gasteiger partial charge in [0.25, 0.3) is 0 Å². The van der Waals surface area contributed by atoms with Crippen LogP contribution in [0.2, 0.25) is 0 Å². The molecule has 0 saturated carbocycles. The Morgan fingerprint density at radius 3 is 2.75 bits per heavy atom. The average molecular weight is 273 g/mol. The van der Waals surface area contributed by atoms with E-state index in [1.54, 1.807) is 7.11 Å². The number of ether oxygens (including phenoxy) is 1. The lowest BCUT2D eigenvalue weighted by Gasteiger charge is -2.25. The standard InChI is InChI=1S/C16H19NO3/c1-20-15-7-3-6-14(12-15)5-2-4-13-8-10-17(11-9-13)16(18)19/h2-7,12H,8-11H2,1H3,(H,18,19)/b5-2+. The molecule has 1 aliphatic rings. The lowest BCUT2D eigenvalue weighted by molar-refractivity contribution is 0.141. The molecule has 0 radical (unpaired) electrons. The summed E-state index contributed by atoms with van der Waals surface area (Å²) in [4.78, 5) is 12.3. The van der Waals surface area contributed by atoms with Gasteiger partial charge in [-0.1, -0.05) is 35.9 Å². The largest absolute Gasteiger partial charge is 0.497 e. The van der Waals surface area contributed by atoms with Crippen molar-refractivity contribution in [3.8, 4) is 5.75 Å². The molecule has 0 bridgehead atoms. The number of rotatable bonds is 3. The number of carboxylic acid groups (broad SMARTS) is 1. The van der Waals surface area contributed by atoms with Crippen molar-refractivity contribution < 1.29 is 14.6 Å². The molecule has 0 aromatic heterocycles. The molecule has 0 atom stereocenters. The Morgan fingerprint density at radius 1 is 1.35 bits per heavy atom. The second-order valence-electron chi connectivity index (χ2n) is 4.73. The molecular formula is C16H19NO3. The first kappa shape index (κ1) is 14.2. The van der Waals surface area contributed by atoms with E-state index in [4.69, 9.17) is 9.84 Å². The molecule has 1 saturated heterocycles. The third kappa shape index (κ3) is 3.88. The summed E-state index contributed by atoms with van der Waals surface area (Å²) in [6, 6.07) is 7.86. The Balaban J connectivity index is 1.92. The fourth-order valence-corrected chi connectivity index (χ4v) is 2.19. The minimum absolute atomic E-state index is 0.591. The highest BCUT2D eigenvalue weighted by Gasteiger charge is 2.16. The molecule has 20 heavy (non-hydrogen) atoms. The van der Waals surface area contributed by atoms with Crippen molar-refractivity contribution in [1.82, 2.24) is 4.90 Å². The molecule has 1 heterocycles. The van der Waals surface area contributed by atoms with Crippen LogP contribution >= 0.6 is 0 Å². The van der Waals surface area contributed by atoms with Crippen molar-refractivity contribution in [2.24, 2.45) is 0 Å². The molecular weight excluding hydrogens is 254 g/mol. The van der Waals surface area contributed by atoms with Gasteiger partial charge in [-0.05, 0) is 30.5 Å². The van der Waals surface area contributed by atoms with Crippen LogP contribution in [0.1, 0.15) is 18.4 Å². The molecule has 0 unspecified atom stereocenters. The van der Waals surface area contributed by atoms with Gasteiger partial charge in [0.2, 0.25) is 0 Å². The number of carbonyl (C=O) groups is 1. The summed E-state index contributed by atoms with van der Waals surface area (Å²) in [5.74, 6) is 0.842. The van der Waals surface area contributed by atoms with Crippen LogP contribution in [0.5, 0.6) is 5.75 Å². The molecule has 4 nitrogen and oxygen atoms in total. The number of allylic oxidation sites excluding steroid dienone is 2. The van der Waals surface area contributed by atoms with Gasteiger partial charge in [-0.15, -0.1) is 0 Å². The van der Waals surface area contributed by atoms with Gasteiger partial charge in [-0.3, -0.25) is 0 Å². The molecule has 1 amide bonds. The summed E-state index contributed by atoms with van der Waals surface area (Å²) in [5.41, 5.74) is 2.38. The topological polar surface area (TPSA) is 49.8 Å². The van der Waals surface area contributed by atoms with E-state index in [2.05, 4.69) is 6.08 Å². The first-order valence-corrected chi connectivity index (χ1v) is 6.67. The quantitative estimate of drug-likeness (QED) is 0.918. The van der Waals surface area contributed by atoms with Crippen LogP contribution in [0.3, 0.4) is 0 Å². The second-order valence-corrected chi connectivity index (χ2v) is 4.73. The van der Waals surface area contributed by atoms with Gasteiger partial charge in [-0.25, -0.2) is 4.79 Å². The molecule has 1 aromatic rings. The predicted molar refractivity (Wildman–Crippen MR) is 78.9 cm³/mol. The fraction of sp³-hybridized carbons (Fsp3) is 0.312. The zero-order valence-corrected chi connectivity index (χ0v) is 11.6. The third-order valence-corrected chi connectivity index (χ3v) is 3.39. The van der Waals surface area contributed by atoms with Crippen LogP contribution in [0.4, 0.5) is 4.79 Å². The Hall–Kier alpha value is -2.23. The van der Waals surface area contributed by atoms with Crippen molar-refractivity contribution in [2.75, 3.05) is 20.2 Å². The third-order valence-electron chi connectivity index (χ3n) is 3.39. The molecule has 0 aliphatic carbocycles. The van der Waals surface area contributed by atoms with Crippen LogP contribution < -0.4 is 4.74 Å². The monoisotopic (exact) mass is 273 g/mol. The number of methoxy groups -OCH3 is 1. The number of piperidine rings is 1. The number of nitrogens with zero attached hydrogens (tertiary/aromatic N) is 1. The van der Waals surface area contributed by atoms with Crippen LogP contribution in [-0.2, 0) is 0 Å². The minimum Gasteiger partial charge on any atom is -0.497 e. The van der Waals surface area contributed by atoms with Crippen molar-refractivity contribution in [1.29, 1.82) is 0 Å². The van der Waals surface area contributed by atoms with E-state index in [1.165, 1.54) is 10.5 Å². The molecule has 0 spiro atoms. The number of likely N-dealkylation sites (tertiary alicyclic amines) is 1. The fourth-order valence-electron chi connectivity index (χ4n) is 2.19. The maximum Gasteiger partial charge on any atom is 0.407 e. The Morgan fingerprint density at radius 2 is 2.10 bits per heavy atom. The smallest absolute Gasteiger partial charge is 0.407 e. The van der Waals surface area contributed by atoms with Crippen molar-refractivity contribution in [3.05, 3.63) is 47.6 Å². The first-order valence-electron chi connectivity index (χ1n) is 6.67. The van der Waals surface area contributed by atoms with Gasteiger partial charge < -0.3 is 14.7 Å². The van der Waals surface area contributed by atoms with E-state index < -0.39 is 6.09 Å². The maximum atomic E-state index is 10.8. The van der Waals surface area contributed by atoms with Gasteiger partial charge in [0.15, 0.2) is 0 Å². The van der Waals surface area contributed by atoms with E-state index >= 15 is 0 Å². The average Bonchev–Trinajstić information content (AvgIpc) is 2.48. The number of amides is 1. The van der Waals surface area contributed by atoms with Crippen LogP contribution in [-0.4, -0.2) is 36.3 Å². The summed E-state index contributed by atoms with van der Waals surface area (Å²) in [7, 11) is 1.65. The molecule has 2 rings (SSSR count). The lowest BCUT2D eigenvalue weighted by atomic mass is 10.0. The van der Waals surface area contributed by atoms with E-state index in [0.717, 1.165) is 24.2 Å².